The van der Waals surface area contributed by atoms with Crippen molar-refractivity contribution in [2.24, 2.45) is 0 Å². The number of hydrogen-bond acceptors (Lipinski definition) is 3. The van der Waals surface area contributed by atoms with Crippen LogP contribution < -0.4 is 5.32 Å². The molecule has 1 aromatic carbocycles. The fourth-order valence-electron chi connectivity index (χ4n) is 2.78. The van der Waals surface area contributed by atoms with Crippen molar-refractivity contribution in [1.29, 1.82) is 0 Å². The Labute approximate surface area is 134 Å². The lowest BCUT2D eigenvalue weighted by molar-refractivity contribution is -0.134. The van der Waals surface area contributed by atoms with Gasteiger partial charge in [-0.05, 0) is 24.5 Å². The number of carbonyl (C=O) groups excluding carboxylic acids is 2. The molecule has 2 N–H and O–H groups in total. The number of likely N-dealkylation sites (N-methyl/N-ethyl adjacent to an activating group) is 1. The van der Waals surface area contributed by atoms with Crippen LogP contribution in [-0.4, -0.2) is 46.5 Å². The van der Waals surface area contributed by atoms with E-state index in [1.807, 2.05) is 30.3 Å². The first-order valence-electron chi connectivity index (χ1n) is 7.77. The minimum Gasteiger partial charge on any atom is -0.344 e. The maximum atomic E-state index is 12.3. The maximum absolute atomic E-state index is 12.3. The van der Waals surface area contributed by atoms with Crippen molar-refractivity contribution < 1.29 is 9.59 Å². The smallest absolute Gasteiger partial charge is 0.272 e. The fraction of sp³-hybridized carbons (Fsp3) is 0.353. The molecule has 6 nitrogen and oxygen atoms in total. The molecule has 23 heavy (non-hydrogen) atoms. The van der Waals surface area contributed by atoms with Crippen molar-refractivity contribution in [3.05, 3.63) is 53.3 Å². The minimum atomic E-state index is -0.449. The molecule has 1 saturated heterocycles. The third kappa shape index (κ3) is 3.59. The first-order valence-corrected chi connectivity index (χ1v) is 7.77. The largest absolute Gasteiger partial charge is 0.344 e. The summed E-state index contributed by atoms with van der Waals surface area (Å²) in [6.45, 7) is 0.745. The zero-order chi connectivity index (χ0) is 16.2. The van der Waals surface area contributed by atoms with Crippen molar-refractivity contribution in [3.63, 3.8) is 0 Å². The molecule has 6 heteroatoms. The highest BCUT2D eigenvalue weighted by Crippen LogP contribution is 2.12. The van der Waals surface area contributed by atoms with Gasteiger partial charge in [0.05, 0.1) is 0 Å². The zero-order valence-corrected chi connectivity index (χ0v) is 13.1. The van der Waals surface area contributed by atoms with E-state index in [2.05, 4.69) is 15.5 Å². The Morgan fingerprint density at radius 1 is 1.39 bits per heavy atom. The van der Waals surface area contributed by atoms with E-state index in [0.717, 1.165) is 24.2 Å². The Balaban J connectivity index is 1.63. The molecule has 120 valence electrons. The molecule has 1 fully saturated rings. The highest BCUT2D eigenvalue weighted by atomic mass is 16.2. The number of likely N-dealkylation sites (tertiary alicyclic amines) is 1. The first kappa shape index (κ1) is 15.3. The Morgan fingerprint density at radius 2 is 2.17 bits per heavy atom. The summed E-state index contributed by atoms with van der Waals surface area (Å²) < 4.78 is 0. The van der Waals surface area contributed by atoms with Crippen LogP contribution in [0.25, 0.3) is 0 Å². The van der Waals surface area contributed by atoms with Gasteiger partial charge in [0.25, 0.3) is 5.91 Å². The van der Waals surface area contributed by atoms with Gasteiger partial charge in [-0.25, -0.2) is 0 Å². The fourth-order valence-corrected chi connectivity index (χ4v) is 2.78. The van der Waals surface area contributed by atoms with Crippen LogP contribution in [-0.2, 0) is 11.2 Å². The average Bonchev–Trinajstić information content (AvgIpc) is 3.01. The van der Waals surface area contributed by atoms with Crippen LogP contribution in [0.5, 0.6) is 0 Å². The van der Waals surface area contributed by atoms with Gasteiger partial charge in [0.1, 0.15) is 11.7 Å². The van der Waals surface area contributed by atoms with Gasteiger partial charge in [0, 0.05) is 25.7 Å². The van der Waals surface area contributed by atoms with Crippen molar-refractivity contribution in [3.8, 4) is 0 Å². The highest BCUT2D eigenvalue weighted by molar-refractivity contribution is 5.96. The quantitative estimate of drug-likeness (QED) is 0.894. The lowest BCUT2D eigenvalue weighted by Crippen LogP contribution is -2.50. The van der Waals surface area contributed by atoms with Crippen LogP contribution in [0.1, 0.15) is 34.6 Å². The number of aromatic nitrogens is 2. The molecule has 3 rings (SSSR count). The van der Waals surface area contributed by atoms with Crippen LogP contribution in [0.15, 0.2) is 36.4 Å². The van der Waals surface area contributed by atoms with Gasteiger partial charge in [-0.2, -0.15) is 5.10 Å². The van der Waals surface area contributed by atoms with Crippen LogP contribution in [0.4, 0.5) is 0 Å². The lowest BCUT2D eigenvalue weighted by atomic mass is 10.1. The summed E-state index contributed by atoms with van der Waals surface area (Å²) in [5, 5.41) is 9.73. The first-order chi connectivity index (χ1) is 11.1. The number of aromatic amines is 1. The number of H-pyrrole nitrogens is 1. The van der Waals surface area contributed by atoms with Gasteiger partial charge in [-0.3, -0.25) is 14.7 Å². The predicted octanol–water partition coefficient (Wildman–Crippen LogP) is 1.35. The van der Waals surface area contributed by atoms with Gasteiger partial charge >= 0.3 is 0 Å². The van der Waals surface area contributed by atoms with Crippen molar-refractivity contribution >= 4 is 11.8 Å². The number of amides is 2. The van der Waals surface area contributed by atoms with E-state index in [9.17, 15) is 9.59 Å². The van der Waals surface area contributed by atoms with Crippen LogP contribution >= 0.6 is 0 Å². The van der Waals surface area contributed by atoms with Crippen LogP contribution in [0.2, 0.25) is 0 Å². The lowest BCUT2D eigenvalue weighted by Gasteiger charge is -2.29. The second-order valence-corrected chi connectivity index (χ2v) is 5.87. The van der Waals surface area contributed by atoms with E-state index in [4.69, 9.17) is 0 Å². The third-order valence-corrected chi connectivity index (χ3v) is 4.07. The summed E-state index contributed by atoms with van der Waals surface area (Å²) in [7, 11) is 1.76. The minimum absolute atomic E-state index is 0.0374. The molecule has 0 bridgehead atoms. The van der Waals surface area contributed by atoms with Gasteiger partial charge in [-0.15, -0.1) is 0 Å². The molecular formula is C17H20N4O2. The molecule has 0 radical (unpaired) electrons. The number of nitrogens with one attached hydrogen (secondary N) is 2. The predicted molar refractivity (Wildman–Crippen MR) is 86.0 cm³/mol. The Kier molecular flexibility index (Phi) is 4.41. The summed E-state index contributed by atoms with van der Waals surface area (Å²) in [4.78, 5) is 25.9. The molecule has 0 aliphatic carbocycles. The van der Waals surface area contributed by atoms with Crippen molar-refractivity contribution in [2.75, 3.05) is 13.6 Å². The number of rotatable bonds is 4. The van der Waals surface area contributed by atoms with Crippen LogP contribution in [0.3, 0.4) is 0 Å². The van der Waals surface area contributed by atoms with E-state index in [1.54, 1.807) is 18.0 Å². The molecule has 1 atom stereocenters. The number of carbonyl (C=O) groups is 2. The molecular weight excluding hydrogens is 292 g/mol. The highest BCUT2D eigenvalue weighted by Gasteiger charge is 2.28. The van der Waals surface area contributed by atoms with Gasteiger partial charge in [0.2, 0.25) is 5.91 Å². The molecule has 1 unspecified atom stereocenters. The van der Waals surface area contributed by atoms with E-state index in [1.165, 1.54) is 0 Å². The average molecular weight is 312 g/mol. The number of benzene rings is 1. The standard InChI is InChI=1S/C17H20N4O2/c1-21-9-5-8-14(17(21)23)18-16(22)15-11-13(19-20-15)10-12-6-3-2-4-7-12/h2-4,6-7,11,14H,5,8-10H2,1H3,(H,18,22)(H,19,20). The summed E-state index contributed by atoms with van der Waals surface area (Å²) in [5.74, 6) is -0.348. The van der Waals surface area contributed by atoms with E-state index < -0.39 is 6.04 Å². The number of nitrogens with zero attached hydrogens (tertiary/aromatic N) is 2. The van der Waals surface area contributed by atoms with E-state index in [-0.39, 0.29) is 11.8 Å². The second-order valence-electron chi connectivity index (χ2n) is 5.87. The number of hydrogen-bond donors (Lipinski definition) is 2. The zero-order valence-electron chi connectivity index (χ0n) is 13.1. The molecule has 0 saturated carbocycles. The van der Waals surface area contributed by atoms with Gasteiger partial charge < -0.3 is 10.2 Å². The normalized spacial score (nSPS) is 18.0. The summed E-state index contributed by atoms with van der Waals surface area (Å²) in [6.07, 6.45) is 2.26. The monoisotopic (exact) mass is 312 g/mol. The third-order valence-electron chi connectivity index (χ3n) is 4.07. The molecule has 1 aliphatic heterocycles. The van der Waals surface area contributed by atoms with Crippen molar-refractivity contribution in [2.45, 2.75) is 25.3 Å². The van der Waals surface area contributed by atoms with Gasteiger partial charge in [-0.1, -0.05) is 30.3 Å². The molecule has 1 aromatic heterocycles. The molecule has 2 heterocycles. The van der Waals surface area contributed by atoms with E-state index >= 15 is 0 Å². The van der Waals surface area contributed by atoms with Crippen molar-refractivity contribution in [1.82, 2.24) is 20.4 Å². The summed E-state index contributed by atoms with van der Waals surface area (Å²) >= 11 is 0. The Hall–Kier alpha value is -2.63. The Bertz CT molecular complexity index is 696. The van der Waals surface area contributed by atoms with E-state index in [0.29, 0.717) is 18.5 Å². The SMILES string of the molecule is CN1CCCC(NC(=O)c2cc(Cc3ccccc3)[nH]n2)C1=O. The Morgan fingerprint density at radius 3 is 2.96 bits per heavy atom. The topological polar surface area (TPSA) is 78.1 Å². The summed E-state index contributed by atoms with van der Waals surface area (Å²) in [6, 6.07) is 11.3. The molecule has 1 aliphatic rings. The molecule has 0 spiro atoms. The maximum Gasteiger partial charge on any atom is 0.272 e. The number of piperidine rings is 1. The van der Waals surface area contributed by atoms with Crippen LogP contribution in [0, 0.1) is 0 Å². The molecule has 2 amide bonds. The summed E-state index contributed by atoms with van der Waals surface area (Å²) in [5.41, 5.74) is 2.33. The van der Waals surface area contributed by atoms with Gasteiger partial charge in [0.15, 0.2) is 0 Å². The second kappa shape index (κ2) is 6.64. The molecule has 2 aromatic rings.